The van der Waals surface area contributed by atoms with Crippen LogP contribution in [0.5, 0.6) is 0 Å². The van der Waals surface area contributed by atoms with Gasteiger partial charge in [-0.2, -0.15) is 0 Å². The summed E-state index contributed by atoms with van der Waals surface area (Å²) in [6.07, 6.45) is 11.2. The molecule has 0 bridgehead atoms. The van der Waals surface area contributed by atoms with E-state index in [0.717, 1.165) is 61.9 Å². The van der Waals surface area contributed by atoms with Crippen LogP contribution in [0.15, 0.2) is 12.4 Å². The monoisotopic (exact) mass is 331 g/mol. The van der Waals surface area contributed by atoms with Gasteiger partial charge in [-0.1, -0.05) is 13.8 Å². The normalized spacial score (nSPS) is 25.9. The molecule has 1 aliphatic carbocycles. The predicted molar refractivity (Wildman–Crippen MR) is 100 cm³/mol. The van der Waals surface area contributed by atoms with E-state index < -0.39 is 0 Å². The number of aromatic nitrogens is 2. The summed E-state index contributed by atoms with van der Waals surface area (Å²) >= 11 is 0. The summed E-state index contributed by atoms with van der Waals surface area (Å²) in [5, 5.41) is 3.50. The van der Waals surface area contributed by atoms with Crippen LogP contribution < -0.4 is 16.0 Å². The molecule has 2 fully saturated rings. The largest absolute Gasteiger partial charge is 0.382 e. The van der Waals surface area contributed by atoms with Crippen molar-refractivity contribution in [3.8, 4) is 0 Å². The Morgan fingerprint density at radius 3 is 2.29 bits per heavy atom. The number of nitrogens with zero attached hydrogens (tertiary/aromatic N) is 3. The molecule has 134 valence electrons. The molecule has 1 aromatic rings. The molecule has 0 aromatic carbocycles. The lowest BCUT2D eigenvalue weighted by Crippen LogP contribution is -2.36. The van der Waals surface area contributed by atoms with Gasteiger partial charge in [-0.05, 0) is 56.3 Å². The van der Waals surface area contributed by atoms with Crippen molar-refractivity contribution in [3.05, 3.63) is 12.4 Å². The molecule has 1 saturated heterocycles. The molecular formula is C19H33N5. The number of rotatable bonds is 5. The minimum Gasteiger partial charge on any atom is -0.382 e. The Morgan fingerprint density at radius 2 is 1.71 bits per heavy atom. The Balaban J connectivity index is 1.45. The van der Waals surface area contributed by atoms with Crippen LogP contribution >= 0.6 is 0 Å². The fraction of sp³-hybridized carbons (Fsp3) is 0.789. The van der Waals surface area contributed by atoms with E-state index in [9.17, 15) is 0 Å². The molecule has 5 heteroatoms. The van der Waals surface area contributed by atoms with E-state index in [1.165, 1.54) is 25.7 Å². The fourth-order valence-electron chi connectivity index (χ4n) is 4.00. The molecule has 0 amide bonds. The first-order valence-corrected chi connectivity index (χ1v) is 9.68. The molecular weight excluding hydrogens is 298 g/mol. The number of anilines is 2. The summed E-state index contributed by atoms with van der Waals surface area (Å²) in [7, 11) is 0. The van der Waals surface area contributed by atoms with Crippen molar-refractivity contribution in [1.29, 1.82) is 0 Å². The van der Waals surface area contributed by atoms with Crippen molar-refractivity contribution in [2.75, 3.05) is 29.9 Å². The number of piperidine rings is 1. The van der Waals surface area contributed by atoms with Gasteiger partial charge >= 0.3 is 0 Å². The van der Waals surface area contributed by atoms with Gasteiger partial charge in [0.25, 0.3) is 0 Å². The van der Waals surface area contributed by atoms with Crippen LogP contribution in [-0.4, -0.2) is 35.6 Å². The highest BCUT2D eigenvalue weighted by molar-refractivity contribution is 5.42. The van der Waals surface area contributed by atoms with Crippen LogP contribution in [0.25, 0.3) is 0 Å². The Morgan fingerprint density at radius 1 is 1.08 bits per heavy atom. The molecule has 1 saturated carbocycles. The molecule has 2 heterocycles. The minimum absolute atomic E-state index is 0.420. The Hall–Kier alpha value is -1.36. The first kappa shape index (κ1) is 17.5. The predicted octanol–water partition coefficient (Wildman–Crippen LogP) is 3.28. The van der Waals surface area contributed by atoms with Gasteiger partial charge in [-0.3, -0.25) is 0 Å². The van der Waals surface area contributed by atoms with Crippen molar-refractivity contribution >= 4 is 11.6 Å². The van der Waals surface area contributed by atoms with Gasteiger partial charge in [0.2, 0.25) is 5.95 Å². The SMILES string of the molecule is CC(C)C1CCN(c2ncc(NCC3CCC(N)CC3)cn2)CC1. The van der Waals surface area contributed by atoms with E-state index in [-0.39, 0.29) is 0 Å². The molecule has 0 spiro atoms. The van der Waals surface area contributed by atoms with Crippen LogP contribution in [0.2, 0.25) is 0 Å². The number of hydrogen-bond donors (Lipinski definition) is 2. The lowest BCUT2D eigenvalue weighted by molar-refractivity contribution is 0.310. The van der Waals surface area contributed by atoms with E-state index >= 15 is 0 Å². The second-order valence-corrected chi connectivity index (χ2v) is 8.00. The molecule has 3 rings (SSSR count). The van der Waals surface area contributed by atoms with Crippen LogP contribution in [0.1, 0.15) is 52.4 Å². The van der Waals surface area contributed by atoms with E-state index in [1.54, 1.807) is 0 Å². The van der Waals surface area contributed by atoms with Gasteiger partial charge in [-0.25, -0.2) is 9.97 Å². The maximum Gasteiger partial charge on any atom is 0.225 e. The average molecular weight is 332 g/mol. The number of nitrogens with two attached hydrogens (primary N) is 1. The lowest BCUT2D eigenvalue weighted by atomic mass is 9.86. The molecule has 0 atom stereocenters. The van der Waals surface area contributed by atoms with Gasteiger partial charge in [-0.15, -0.1) is 0 Å². The summed E-state index contributed by atoms with van der Waals surface area (Å²) in [5.41, 5.74) is 7.00. The molecule has 1 aliphatic heterocycles. The van der Waals surface area contributed by atoms with Crippen LogP contribution in [0, 0.1) is 17.8 Å². The van der Waals surface area contributed by atoms with E-state index in [2.05, 4.69) is 34.0 Å². The van der Waals surface area contributed by atoms with Crippen molar-refractivity contribution in [1.82, 2.24) is 9.97 Å². The second-order valence-electron chi connectivity index (χ2n) is 8.00. The Bertz CT molecular complexity index is 485. The quantitative estimate of drug-likeness (QED) is 0.867. The average Bonchev–Trinajstić information content (AvgIpc) is 2.62. The molecule has 3 N–H and O–H groups in total. The third-order valence-electron chi connectivity index (χ3n) is 5.89. The molecule has 5 nitrogen and oxygen atoms in total. The smallest absolute Gasteiger partial charge is 0.225 e. The van der Waals surface area contributed by atoms with Crippen molar-refractivity contribution in [3.63, 3.8) is 0 Å². The van der Waals surface area contributed by atoms with Crippen LogP contribution in [0.4, 0.5) is 11.6 Å². The first-order chi connectivity index (χ1) is 11.6. The molecule has 2 aliphatic rings. The van der Waals surface area contributed by atoms with Gasteiger partial charge < -0.3 is 16.0 Å². The molecule has 1 aromatic heterocycles. The van der Waals surface area contributed by atoms with Crippen molar-refractivity contribution in [2.24, 2.45) is 23.5 Å². The first-order valence-electron chi connectivity index (χ1n) is 9.68. The summed E-state index contributed by atoms with van der Waals surface area (Å²) in [5.74, 6) is 3.26. The van der Waals surface area contributed by atoms with Crippen molar-refractivity contribution < 1.29 is 0 Å². The van der Waals surface area contributed by atoms with E-state index in [0.29, 0.717) is 6.04 Å². The van der Waals surface area contributed by atoms with Crippen molar-refractivity contribution in [2.45, 2.75) is 58.4 Å². The molecule has 0 radical (unpaired) electrons. The third-order valence-corrected chi connectivity index (χ3v) is 5.89. The highest BCUT2D eigenvalue weighted by Gasteiger charge is 2.23. The molecule has 24 heavy (non-hydrogen) atoms. The highest BCUT2D eigenvalue weighted by Crippen LogP contribution is 2.27. The third kappa shape index (κ3) is 4.59. The van der Waals surface area contributed by atoms with Crippen LogP contribution in [0.3, 0.4) is 0 Å². The Labute approximate surface area is 146 Å². The van der Waals surface area contributed by atoms with Gasteiger partial charge in [0.15, 0.2) is 0 Å². The van der Waals surface area contributed by atoms with E-state index in [1.807, 2.05) is 12.4 Å². The maximum atomic E-state index is 5.97. The topological polar surface area (TPSA) is 67.1 Å². The second kappa shape index (κ2) is 8.15. The minimum atomic E-state index is 0.420. The standard InChI is InChI=1S/C19H33N5/c1-14(2)16-7-9-24(10-8-16)19-22-12-18(13-23-19)21-11-15-3-5-17(20)6-4-15/h12-17,21H,3-11,20H2,1-2H3. The maximum absolute atomic E-state index is 5.97. The van der Waals surface area contributed by atoms with Gasteiger partial charge in [0.05, 0.1) is 18.1 Å². The van der Waals surface area contributed by atoms with Crippen LogP contribution in [-0.2, 0) is 0 Å². The van der Waals surface area contributed by atoms with E-state index in [4.69, 9.17) is 5.73 Å². The number of nitrogens with one attached hydrogen (secondary N) is 1. The lowest BCUT2D eigenvalue weighted by Gasteiger charge is -2.33. The summed E-state index contributed by atoms with van der Waals surface area (Å²) in [6, 6.07) is 0.420. The highest BCUT2D eigenvalue weighted by atomic mass is 15.3. The summed E-state index contributed by atoms with van der Waals surface area (Å²) in [6.45, 7) is 7.83. The van der Waals surface area contributed by atoms with Gasteiger partial charge in [0.1, 0.15) is 0 Å². The fourth-order valence-corrected chi connectivity index (χ4v) is 4.00. The zero-order valence-electron chi connectivity index (χ0n) is 15.2. The summed E-state index contributed by atoms with van der Waals surface area (Å²) in [4.78, 5) is 11.5. The molecule has 0 unspecified atom stereocenters. The number of hydrogen-bond acceptors (Lipinski definition) is 5. The zero-order chi connectivity index (χ0) is 16.9. The Kier molecular flexibility index (Phi) is 5.93. The zero-order valence-corrected chi connectivity index (χ0v) is 15.2. The van der Waals surface area contributed by atoms with Gasteiger partial charge in [0, 0.05) is 25.7 Å². The summed E-state index contributed by atoms with van der Waals surface area (Å²) < 4.78 is 0.